The number of anilines is 1. The zero-order valence-electron chi connectivity index (χ0n) is 9.97. The summed E-state index contributed by atoms with van der Waals surface area (Å²) in [6.07, 6.45) is 3.84. The van der Waals surface area contributed by atoms with Crippen molar-refractivity contribution in [2.75, 3.05) is 5.32 Å². The molecule has 1 aliphatic rings. The molecule has 0 radical (unpaired) electrons. The first kappa shape index (κ1) is 12.8. The summed E-state index contributed by atoms with van der Waals surface area (Å²) in [6.45, 7) is 1.90. The highest BCUT2D eigenvalue weighted by atomic mass is 32.1. The Kier molecular flexibility index (Phi) is 3.81. The van der Waals surface area contributed by atoms with Crippen LogP contribution in [0.1, 0.15) is 24.1 Å². The van der Waals surface area contributed by atoms with E-state index in [9.17, 15) is 9.59 Å². The second-order valence-electron chi connectivity index (χ2n) is 4.36. The van der Waals surface area contributed by atoms with Crippen molar-refractivity contribution in [1.29, 1.82) is 0 Å². The summed E-state index contributed by atoms with van der Waals surface area (Å²) in [4.78, 5) is 27.7. The molecule has 2 unspecified atom stereocenters. The zero-order valence-corrected chi connectivity index (χ0v) is 10.8. The number of aliphatic carboxylic acids is 1. The van der Waals surface area contributed by atoms with E-state index in [-0.39, 0.29) is 12.1 Å². The van der Waals surface area contributed by atoms with Gasteiger partial charge >= 0.3 is 12.0 Å². The predicted molar refractivity (Wildman–Crippen MR) is 67.8 cm³/mol. The smallest absolute Gasteiger partial charge is 0.321 e. The Morgan fingerprint density at radius 3 is 2.89 bits per heavy atom. The fourth-order valence-corrected chi connectivity index (χ4v) is 2.80. The fraction of sp³-hybridized carbons (Fsp3) is 0.545. The van der Waals surface area contributed by atoms with Crippen molar-refractivity contribution in [3.05, 3.63) is 11.1 Å². The van der Waals surface area contributed by atoms with Gasteiger partial charge in [-0.05, 0) is 19.8 Å². The lowest BCUT2D eigenvalue weighted by Gasteiger charge is -2.17. The highest BCUT2D eigenvalue weighted by Gasteiger charge is 2.33. The minimum atomic E-state index is -0.845. The van der Waals surface area contributed by atoms with Gasteiger partial charge < -0.3 is 10.4 Å². The average molecular weight is 269 g/mol. The number of aromatic nitrogens is 1. The number of carboxylic acid groups (broad SMARTS) is 1. The number of rotatable bonds is 3. The Balaban J connectivity index is 1.89. The van der Waals surface area contributed by atoms with Gasteiger partial charge in [0.25, 0.3) is 0 Å². The number of hydrogen-bond donors (Lipinski definition) is 3. The molecular weight excluding hydrogens is 254 g/mol. The lowest BCUT2D eigenvalue weighted by molar-refractivity contribution is -0.142. The highest BCUT2D eigenvalue weighted by molar-refractivity contribution is 7.15. The van der Waals surface area contributed by atoms with Crippen LogP contribution in [-0.4, -0.2) is 28.1 Å². The van der Waals surface area contributed by atoms with Crippen molar-refractivity contribution >= 4 is 28.5 Å². The molecule has 0 spiro atoms. The van der Waals surface area contributed by atoms with Crippen molar-refractivity contribution in [3.8, 4) is 0 Å². The molecule has 1 aromatic rings. The number of carbonyl (C=O) groups is 2. The summed E-state index contributed by atoms with van der Waals surface area (Å²) in [6, 6.07) is -0.675. The maximum atomic E-state index is 11.7. The van der Waals surface area contributed by atoms with Crippen LogP contribution < -0.4 is 10.6 Å². The van der Waals surface area contributed by atoms with E-state index in [0.29, 0.717) is 18.0 Å². The summed E-state index contributed by atoms with van der Waals surface area (Å²) in [5, 5.41) is 14.8. The summed E-state index contributed by atoms with van der Waals surface area (Å²) in [5.74, 6) is -1.32. The first-order valence-corrected chi connectivity index (χ1v) is 6.60. The van der Waals surface area contributed by atoms with Crippen LogP contribution in [0.5, 0.6) is 0 Å². The largest absolute Gasteiger partial charge is 0.481 e. The number of urea groups is 1. The van der Waals surface area contributed by atoms with Crippen LogP contribution in [0, 0.1) is 12.8 Å². The average Bonchev–Trinajstić information content (AvgIpc) is 2.87. The van der Waals surface area contributed by atoms with Crippen molar-refractivity contribution in [2.24, 2.45) is 5.92 Å². The van der Waals surface area contributed by atoms with E-state index in [0.717, 1.165) is 11.3 Å². The van der Waals surface area contributed by atoms with E-state index in [2.05, 4.69) is 15.6 Å². The summed E-state index contributed by atoms with van der Waals surface area (Å²) >= 11 is 1.38. The molecule has 7 heteroatoms. The molecule has 1 aliphatic carbocycles. The number of thiazole rings is 1. The van der Waals surface area contributed by atoms with Gasteiger partial charge in [-0.2, -0.15) is 0 Å². The number of amides is 2. The topological polar surface area (TPSA) is 91.3 Å². The quantitative estimate of drug-likeness (QED) is 0.780. The SMILES string of the molecule is Cc1cnc(NC(=O)NC2CCCC2C(=O)O)s1. The van der Waals surface area contributed by atoms with Crippen LogP contribution in [0.4, 0.5) is 9.93 Å². The van der Waals surface area contributed by atoms with E-state index >= 15 is 0 Å². The Labute approximate surface area is 108 Å². The molecule has 98 valence electrons. The lowest BCUT2D eigenvalue weighted by Crippen LogP contribution is -2.42. The van der Waals surface area contributed by atoms with Gasteiger partial charge in [-0.3, -0.25) is 10.1 Å². The van der Waals surface area contributed by atoms with Crippen molar-refractivity contribution in [2.45, 2.75) is 32.2 Å². The van der Waals surface area contributed by atoms with Gasteiger partial charge in [-0.1, -0.05) is 6.42 Å². The van der Waals surface area contributed by atoms with E-state index < -0.39 is 11.9 Å². The molecule has 6 nitrogen and oxygen atoms in total. The Morgan fingerprint density at radius 1 is 1.50 bits per heavy atom. The molecule has 2 rings (SSSR count). The van der Waals surface area contributed by atoms with E-state index in [1.54, 1.807) is 6.20 Å². The van der Waals surface area contributed by atoms with Gasteiger partial charge in [0.05, 0.1) is 5.92 Å². The number of hydrogen-bond acceptors (Lipinski definition) is 4. The van der Waals surface area contributed by atoms with Gasteiger partial charge in [0.1, 0.15) is 0 Å². The molecule has 2 amide bonds. The monoisotopic (exact) mass is 269 g/mol. The van der Waals surface area contributed by atoms with Crippen molar-refractivity contribution < 1.29 is 14.7 Å². The maximum absolute atomic E-state index is 11.7. The second kappa shape index (κ2) is 5.34. The third-order valence-corrected chi connectivity index (χ3v) is 3.82. The van der Waals surface area contributed by atoms with Crippen LogP contribution in [0.15, 0.2) is 6.20 Å². The molecule has 0 aromatic carbocycles. The number of nitrogens with zero attached hydrogens (tertiary/aromatic N) is 1. The summed E-state index contributed by atoms with van der Waals surface area (Å²) < 4.78 is 0. The summed E-state index contributed by atoms with van der Waals surface area (Å²) in [7, 11) is 0. The standard InChI is InChI=1S/C11H15N3O3S/c1-6-5-12-11(18-6)14-10(17)13-8-4-2-3-7(8)9(15)16/h5,7-8H,2-4H2,1H3,(H,15,16)(H2,12,13,14,17). The zero-order chi connectivity index (χ0) is 13.1. The van der Waals surface area contributed by atoms with Crippen LogP contribution in [-0.2, 0) is 4.79 Å². The summed E-state index contributed by atoms with van der Waals surface area (Å²) in [5.41, 5.74) is 0. The van der Waals surface area contributed by atoms with Crippen molar-refractivity contribution in [1.82, 2.24) is 10.3 Å². The number of carbonyl (C=O) groups excluding carboxylic acids is 1. The first-order chi connectivity index (χ1) is 8.56. The van der Waals surface area contributed by atoms with Crippen LogP contribution in [0.2, 0.25) is 0 Å². The minimum absolute atomic E-state index is 0.288. The Hall–Kier alpha value is -1.63. The molecule has 0 bridgehead atoms. The maximum Gasteiger partial charge on any atom is 0.321 e. The minimum Gasteiger partial charge on any atom is -0.481 e. The fourth-order valence-electron chi connectivity index (χ4n) is 2.14. The molecule has 1 aromatic heterocycles. The third kappa shape index (κ3) is 2.98. The molecule has 1 fully saturated rings. The molecule has 1 heterocycles. The molecule has 1 saturated carbocycles. The number of carboxylic acids is 1. The van der Waals surface area contributed by atoms with Crippen LogP contribution in [0.3, 0.4) is 0 Å². The molecule has 0 aliphatic heterocycles. The van der Waals surface area contributed by atoms with Gasteiger partial charge in [0.15, 0.2) is 5.13 Å². The van der Waals surface area contributed by atoms with E-state index in [4.69, 9.17) is 5.11 Å². The predicted octanol–water partition coefficient (Wildman–Crippen LogP) is 1.83. The number of nitrogens with one attached hydrogen (secondary N) is 2. The Morgan fingerprint density at radius 2 is 2.28 bits per heavy atom. The lowest BCUT2D eigenvalue weighted by atomic mass is 10.0. The van der Waals surface area contributed by atoms with E-state index in [1.165, 1.54) is 11.3 Å². The van der Waals surface area contributed by atoms with Gasteiger partial charge in [0, 0.05) is 17.1 Å². The molecule has 2 atom stereocenters. The Bertz CT molecular complexity index is 460. The van der Waals surface area contributed by atoms with Crippen LogP contribution in [0.25, 0.3) is 0 Å². The highest BCUT2D eigenvalue weighted by Crippen LogP contribution is 2.26. The van der Waals surface area contributed by atoms with Gasteiger partial charge in [-0.25, -0.2) is 9.78 Å². The van der Waals surface area contributed by atoms with Gasteiger partial charge in [0.2, 0.25) is 0 Å². The van der Waals surface area contributed by atoms with Crippen LogP contribution >= 0.6 is 11.3 Å². The normalized spacial score (nSPS) is 22.7. The number of aryl methyl sites for hydroxylation is 1. The molecule has 3 N–H and O–H groups in total. The third-order valence-electron chi connectivity index (χ3n) is 2.99. The van der Waals surface area contributed by atoms with Gasteiger partial charge in [-0.15, -0.1) is 11.3 Å². The van der Waals surface area contributed by atoms with Crippen molar-refractivity contribution in [3.63, 3.8) is 0 Å². The first-order valence-electron chi connectivity index (χ1n) is 5.79. The second-order valence-corrected chi connectivity index (χ2v) is 5.59. The molecular formula is C11H15N3O3S. The van der Waals surface area contributed by atoms with E-state index in [1.807, 2.05) is 6.92 Å². The molecule has 0 saturated heterocycles. The molecule has 18 heavy (non-hydrogen) atoms.